The Morgan fingerprint density at radius 3 is 1.59 bits per heavy atom. The number of nitriles is 1. The minimum atomic E-state index is 0.435. The molecule has 4 aromatic heterocycles. The minimum Gasteiger partial charge on any atom is -0.456 e. The predicted octanol–water partition coefficient (Wildman–Crippen LogP) is 13.4. The summed E-state index contributed by atoms with van der Waals surface area (Å²) in [7, 11) is 0. The topological polar surface area (TPSA) is 72.6 Å². The monoisotopic (exact) mass is 753 g/mol. The van der Waals surface area contributed by atoms with Gasteiger partial charge in [-0.3, -0.25) is 0 Å². The fourth-order valence-corrected chi connectivity index (χ4v) is 9.00. The molecule has 8 aromatic carbocycles. The van der Waals surface area contributed by atoms with Crippen LogP contribution in [0, 0.1) is 11.3 Å². The average Bonchev–Trinajstić information content (AvgIpc) is 3.95. The van der Waals surface area contributed by atoms with Crippen LogP contribution in [0.3, 0.4) is 0 Å². The largest absolute Gasteiger partial charge is 0.456 e. The van der Waals surface area contributed by atoms with Crippen molar-refractivity contribution >= 4 is 65.6 Å². The van der Waals surface area contributed by atoms with Gasteiger partial charge in [-0.05, 0) is 60.7 Å². The number of hydrogen-bond acceptors (Lipinski definition) is 4. The van der Waals surface area contributed by atoms with Gasteiger partial charge in [0.15, 0.2) is 5.82 Å². The van der Waals surface area contributed by atoms with Crippen LogP contribution in [0.1, 0.15) is 5.56 Å². The Hall–Kier alpha value is -8.27. The van der Waals surface area contributed by atoms with Crippen LogP contribution in [0.25, 0.3) is 111 Å². The van der Waals surface area contributed by atoms with Crippen LogP contribution in [-0.4, -0.2) is 19.1 Å². The Morgan fingerprint density at radius 2 is 0.983 bits per heavy atom. The van der Waals surface area contributed by atoms with Crippen molar-refractivity contribution in [2.45, 2.75) is 0 Å². The van der Waals surface area contributed by atoms with Crippen molar-refractivity contribution < 1.29 is 4.42 Å². The average molecular weight is 754 g/mol. The van der Waals surface area contributed by atoms with Crippen LogP contribution in [0.5, 0.6) is 0 Å². The fraction of sp³-hybridized carbons (Fsp3) is 0. The molecule has 0 radical (unpaired) electrons. The third kappa shape index (κ3) is 4.99. The van der Waals surface area contributed by atoms with E-state index in [1.54, 1.807) is 0 Å². The summed E-state index contributed by atoms with van der Waals surface area (Å²) in [6.07, 6.45) is 0. The molecule has 0 atom stereocenters. The van der Waals surface area contributed by atoms with Crippen LogP contribution in [0.2, 0.25) is 0 Å². The molecule has 12 aromatic rings. The number of furan rings is 1. The highest BCUT2D eigenvalue weighted by molar-refractivity contribution is 6.19. The highest BCUT2D eigenvalue weighted by Crippen LogP contribution is 2.42. The number of rotatable bonds is 5. The molecule has 0 saturated heterocycles. The second-order valence-corrected chi connectivity index (χ2v) is 14.9. The number of fused-ring (bicyclic) bond motifs is 9. The molecule has 6 nitrogen and oxygen atoms in total. The van der Waals surface area contributed by atoms with E-state index >= 15 is 0 Å². The van der Waals surface area contributed by atoms with Crippen LogP contribution < -0.4 is 0 Å². The van der Waals surface area contributed by atoms with Gasteiger partial charge in [-0.15, -0.1) is 0 Å². The second kappa shape index (κ2) is 12.9. The van der Waals surface area contributed by atoms with Gasteiger partial charge in [-0.25, -0.2) is 9.97 Å². The van der Waals surface area contributed by atoms with E-state index in [9.17, 15) is 5.26 Å². The van der Waals surface area contributed by atoms with E-state index in [2.05, 4.69) is 130 Å². The maximum atomic E-state index is 10.6. The van der Waals surface area contributed by atoms with Crippen molar-refractivity contribution in [2.75, 3.05) is 0 Å². The van der Waals surface area contributed by atoms with E-state index in [0.29, 0.717) is 22.8 Å². The summed E-state index contributed by atoms with van der Waals surface area (Å²) in [5.41, 5.74) is 12.3. The smallest absolute Gasteiger partial charge is 0.161 e. The molecule has 0 aliphatic heterocycles. The molecule has 12 rings (SSSR count). The number of hydrogen-bond donors (Lipinski definition) is 0. The fourth-order valence-electron chi connectivity index (χ4n) is 9.00. The first-order valence-electron chi connectivity index (χ1n) is 19.6. The predicted molar refractivity (Wildman–Crippen MR) is 239 cm³/mol. The summed E-state index contributed by atoms with van der Waals surface area (Å²) in [5, 5.41) is 17.2. The van der Waals surface area contributed by atoms with E-state index in [1.807, 2.05) is 72.8 Å². The molecule has 4 heterocycles. The third-order valence-corrected chi connectivity index (χ3v) is 11.6. The van der Waals surface area contributed by atoms with Crippen LogP contribution >= 0.6 is 0 Å². The standard InChI is InChI=1S/C53H31N5O/c54-32-43-51(33-15-4-1-5-16-33)55-53(56-52(43)34-17-6-2-7-18-34)39-23-14-26-49-50(39)42-29-36(27-28-48(42)59-49)58-45-25-13-11-22-38(45)41-30-40-37-21-10-12-24-44(37)57(46(40)31-47(41)58)35-19-8-3-9-20-35/h1-31H. The van der Waals surface area contributed by atoms with Gasteiger partial charge in [0.1, 0.15) is 22.8 Å². The van der Waals surface area contributed by atoms with Crippen molar-refractivity contribution in [3.05, 3.63) is 194 Å². The lowest BCUT2D eigenvalue weighted by Gasteiger charge is -2.13. The molecule has 59 heavy (non-hydrogen) atoms. The Kier molecular flexibility index (Phi) is 7.19. The Morgan fingerprint density at radius 1 is 0.424 bits per heavy atom. The quantitative estimate of drug-likeness (QED) is 0.175. The van der Waals surface area contributed by atoms with Gasteiger partial charge in [0, 0.05) is 60.4 Å². The van der Waals surface area contributed by atoms with Gasteiger partial charge in [0.2, 0.25) is 0 Å². The van der Waals surface area contributed by atoms with Crippen molar-refractivity contribution in [2.24, 2.45) is 0 Å². The van der Waals surface area contributed by atoms with Crippen molar-refractivity contribution in [1.29, 1.82) is 5.26 Å². The summed E-state index contributed by atoms with van der Waals surface area (Å²) in [4.78, 5) is 10.3. The van der Waals surface area contributed by atoms with Gasteiger partial charge >= 0.3 is 0 Å². The molecule has 0 spiro atoms. The van der Waals surface area contributed by atoms with Gasteiger partial charge in [0.25, 0.3) is 0 Å². The zero-order valence-electron chi connectivity index (χ0n) is 31.5. The van der Waals surface area contributed by atoms with Crippen LogP contribution in [-0.2, 0) is 0 Å². The molecular weight excluding hydrogens is 723 g/mol. The Balaban J connectivity index is 1.13. The maximum Gasteiger partial charge on any atom is 0.161 e. The maximum absolute atomic E-state index is 10.6. The number of benzene rings is 8. The van der Waals surface area contributed by atoms with Gasteiger partial charge in [-0.1, -0.05) is 127 Å². The molecule has 0 aliphatic carbocycles. The molecule has 0 unspecified atom stereocenters. The van der Waals surface area contributed by atoms with Crippen molar-refractivity contribution in [3.8, 4) is 51.3 Å². The van der Waals surface area contributed by atoms with Gasteiger partial charge in [0.05, 0.1) is 33.5 Å². The van der Waals surface area contributed by atoms with E-state index < -0.39 is 0 Å². The molecule has 0 bridgehead atoms. The molecule has 0 fully saturated rings. The lowest BCUT2D eigenvalue weighted by molar-refractivity contribution is 0.669. The normalized spacial score (nSPS) is 11.7. The van der Waals surface area contributed by atoms with E-state index in [1.165, 1.54) is 27.1 Å². The molecule has 0 N–H and O–H groups in total. The summed E-state index contributed by atoms with van der Waals surface area (Å²) in [5.74, 6) is 0.522. The van der Waals surface area contributed by atoms with E-state index in [-0.39, 0.29) is 0 Å². The molecule has 0 saturated carbocycles. The Labute approximate surface area is 338 Å². The van der Waals surface area contributed by atoms with Crippen LogP contribution in [0.15, 0.2) is 192 Å². The van der Waals surface area contributed by atoms with Crippen molar-refractivity contribution in [1.82, 2.24) is 19.1 Å². The van der Waals surface area contributed by atoms with Gasteiger partial charge < -0.3 is 13.6 Å². The number of aromatic nitrogens is 4. The summed E-state index contributed by atoms with van der Waals surface area (Å²) < 4.78 is 11.3. The molecular formula is C53H31N5O. The number of para-hydroxylation sites is 3. The first kappa shape index (κ1) is 32.9. The summed E-state index contributed by atoms with van der Waals surface area (Å²) >= 11 is 0. The number of nitrogens with zero attached hydrogens (tertiary/aromatic N) is 5. The first-order valence-corrected chi connectivity index (χ1v) is 19.6. The molecule has 0 amide bonds. The highest BCUT2D eigenvalue weighted by Gasteiger charge is 2.23. The van der Waals surface area contributed by atoms with Crippen LogP contribution in [0.4, 0.5) is 0 Å². The lowest BCUT2D eigenvalue weighted by Crippen LogP contribution is -2.01. The first-order chi connectivity index (χ1) is 29.2. The zero-order valence-corrected chi connectivity index (χ0v) is 31.5. The second-order valence-electron chi connectivity index (χ2n) is 14.9. The zero-order chi connectivity index (χ0) is 39.0. The highest BCUT2D eigenvalue weighted by atomic mass is 16.3. The van der Waals surface area contributed by atoms with Gasteiger partial charge in [-0.2, -0.15) is 5.26 Å². The minimum absolute atomic E-state index is 0.435. The van der Waals surface area contributed by atoms with E-state index in [0.717, 1.165) is 66.6 Å². The molecule has 274 valence electrons. The lowest BCUT2D eigenvalue weighted by atomic mass is 9.99. The molecule has 6 heteroatoms. The molecule has 0 aliphatic rings. The van der Waals surface area contributed by atoms with Crippen molar-refractivity contribution in [3.63, 3.8) is 0 Å². The Bertz CT molecular complexity index is 3610. The SMILES string of the molecule is N#Cc1c(-c2ccccc2)nc(-c2cccc3oc4ccc(-n5c6ccccc6c6cc7c8ccccc8n(-c8ccccc8)c7cc65)cc4c23)nc1-c1ccccc1. The third-order valence-electron chi connectivity index (χ3n) is 11.6. The van der Waals surface area contributed by atoms with E-state index in [4.69, 9.17) is 14.4 Å². The summed E-state index contributed by atoms with van der Waals surface area (Å²) in [6.45, 7) is 0. The summed E-state index contributed by atoms with van der Waals surface area (Å²) in [6, 6.07) is 67.3.